The van der Waals surface area contributed by atoms with Gasteiger partial charge >= 0.3 is 0 Å². The fourth-order valence-electron chi connectivity index (χ4n) is 7.58. The Kier molecular flexibility index (Phi) is 4.22. The van der Waals surface area contributed by atoms with Crippen LogP contribution >= 0.6 is 0 Å². The van der Waals surface area contributed by atoms with Gasteiger partial charge in [0.25, 0.3) is 0 Å². The number of aliphatic hydroxyl groups is 1. The minimum atomic E-state index is -0.491. The molecule has 0 heterocycles. The molecule has 0 radical (unpaired) electrons. The van der Waals surface area contributed by atoms with Crippen molar-refractivity contribution in [2.24, 2.45) is 35.0 Å². The summed E-state index contributed by atoms with van der Waals surface area (Å²) in [5.41, 5.74) is 2.93. The summed E-state index contributed by atoms with van der Waals surface area (Å²) in [7, 11) is 0. The summed E-state index contributed by atoms with van der Waals surface area (Å²) in [6.07, 6.45) is 9.89. The molecule has 0 bridgehead atoms. The lowest BCUT2D eigenvalue weighted by atomic mass is 9.50. The summed E-state index contributed by atoms with van der Waals surface area (Å²) < 4.78 is 0. The Morgan fingerprint density at radius 2 is 1.88 bits per heavy atom. The van der Waals surface area contributed by atoms with E-state index in [1.807, 2.05) is 13.8 Å². The first-order valence-electron chi connectivity index (χ1n) is 10.7. The van der Waals surface area contributed by atoms with Crippen molar-refractivity contribution in [2.75, 3.05) is 0 Å². The Labute approximate surface area is 153 Å². The Morgan fingerprint density at radius 1 is 1.12 bits per heavy atom. The number of carbonyl (C=O) groups is 1. The summed E-state index contributed by atoms with van der Waals surface area (Å²) in [5.74, 6) is 3.88. The molecule has 2 heteroatoms. The fraction of sp³-hybridized carbons (Fsp3) is 0.870. The maximum absolute atomic E-state index is 12.6. The predicted octanol–water partition coefficient (Wildman–Crippen LogP) is 5.30. The molecule has 3 saturated carbocycles. The monoisotopic (exact) mass is 344 g/mol. The van der Waals surface area contributed by atoms with E-state index in [4.69, 9.17) is 0 Å². The topological polar surface area (TPSA) is 37.3 Å². The molecule has 4 aliphatic carbocycles. The van der Waals surface area contributed by atoms with Gasteiger partial charge in [0, 0.05) is 12.3 Å². The predicted molar refractivity (Wildman–Crippen MR) is 101 cm³/mol. The van der Waals surface area contributed by atoms with E-state index in [9.17, 15) is 9.90 Å². The zero-order chi connectivity index (χ0) is 18.0. The smallest absolute Gasteiger partial charge is 0.136 e. The maximum Gasteiger partial charge on any atom is 0.136 e. The van der Waals surface area contributed by atoms with E-state index in [0.717, 1.165) is 37.0 Å². The van der Waals surface area contributed by atoms with E-state index >= 15 is 0 Å². The second-order valence-corrected chi connectivity index (χ2v) is 10.3. The highest BCUT2D eigenvalue weighted by Crippen LogP contribution is 2.64. The molecule has 2 nitrogen and oxygen atoms in total. The van der Waals surface area contributed by atoms with Crippen LogP contribution in [-0.2, 0) is 4.79 Å². The van der Waals surface area contributed by atoms with Gasteiger partial charge in [-0.3, -0.25) is 4.79 Å². The van der Waals surface area contributed by atoms with Crippen molar-refractivity contribution in [3.05, 3.63) is 11.1 Å². The van der Waals surface area contributed by atoms with Gasteiger partial charge in [0.05, 0.1) is 5.60 Å². The summed E-state index contributed by atoms with van der Waals surface area (Å²) >= 11 is 0. The maximum atomic E-state index is 12.6. The number of ketones is 1. The number of carbonyl (C=O) groups excluding carboxylic acids is 1. The standard InChI is InChI=1S/C23H36O2/c1-5-21(24)20-7-6-19-17-12-14(2)18-13-22(3,25)10-8-16(18)15(17)9-11-23(19,20)4/h15-17,19-20,25H,5-13H2,1-4H3. The summed E-state index contributed by atoms with van der Waals surface area (Å²) in [5, 5.41) is 10.6. The third-order valence-electron chi connectivity index (χ3n) is 8.85. The average Bonchev–Trinajstić information content (AvgIpc) is 2.91. The molecular formula is C23H36O2. The van der Waals surface area contributed by atoms with E-state index in [0.29, 0.717) is 24.0 Å². The number of rotatable bonds is 2. The molecule has 140 valence electrons. The van der Waals surface area contributed by atoms with Crippen LogP contribution in [0.25, 0.3) is 0 Å². The fourth-order valence-corrected chi connectivity index (χ4v) is 7.58. The van der Waals surface area contributed by atoms with Crippen LogP contribution < -0.4 is 0 Å². The molecular weight excluding hydrogens is 308 g/mol. The second-order valence-electron chi connectivity index (χ2n) is 10.3. The normalized spacial score (nSPS) is 49.4. The lowest BCUT2D eigenvalue weighted by Gasteiger charge is -2.55. The van der Waals surface area contributed by atoms with Gasteiger partial charge in [-0.15, -0.1) is 0 Å². The Bertz CT molecular complexity index is 601. The molecule has 0 spiro atoms. The summed E-state index contributed by atoms with van der Waals surface area (Å²) in [6.45, 7) is 8.83. The van der Waals surface area contributed by atoms with Crippen molar-refractivity contribution in [1.82, 2.24) is 0 Å². The van der Waals surface area contributed by atoms with Crippen LogP contribution in [0.2, 0.25) is 0 Å². The molecule has 4 rings (SSSR count). The molecule has 7 unspecified atom stereocenters. The van der Waals surface area contributed by atoms with Crippen LogP contribution in [-0.4, -0.2) is 16.5 Å². The molecule has 4 aliphatic rings. The van der Waals surface area contributed by atoms with E-state index in [-0.39, 0.29) is 5.41 Å². The van der Waals surface area contributed by atoms with Crippen molar-refractivity contribution in [3.63, 3.8) is 0 Å². The lowest BCUT2D eigenvalue weighted by molar-refractivity contribution is -0.128. The average molecular weight is 345 g/mol. The highest BCUT2D eigenvalue weighted by atomic mass is 16.3. The van der Waals surface area contributed by atoms with Gasteiger partial charge in [0.2, 0.25) is 0 Å². The van der Waals surface area contributed by atoms with Crippen molar-refractivity contribution in [2.45, 2.75) is 91.1 Å². The molecule has 0 amide bonds. The van der Waals surface area contributed by atoms with Crippen molar-refractivity contribution >= 4 is 5.78 Å². The van der Waals surface area contributed by atoms with Crippen LogP contribution in [0.4, 0.5) is 0 Å². The molecule has 7 atom stereocenters. The Balaban J connectivity index is 1.63. The molecule has 0 aromatic rings. The SMILES string of the molecule is CCC(=O)C1CCC2C3CC(C)=C4CC(C)(O)CCC4C3CCC12C. The lowest BCUT2D eigenvalue weighted by Crippen LogP contribution is -2.48. The van der Waals surface area contributed by atoms with Gasteiger partial charge in [-0.2, -0.15) is 0 Å². The van der Waals surface area contributed by atoms with Crippen LogP contribution in [0.3, 0.4) is 0 Å². The van der Waals surface area contributed by atoms with Gasteiger partial charge in [-0.25, -0.2) is 0 Å². The van der Waals surface area contributed by atoms with Crippen LogP contribution in [0.5, 0.6) is 0 Å². The second kappa shape index (κ2) is 5.94. The molecule has 0 aliphatic heterocycles. The third-order valence-corrected chi connectivity index (χ3v) is 8.85. The molecule has 0 saturated heterocycles. The highest BCUT2D eigenvalue weighted by Gasteiger charge is 2.57. The number of fused-ring (bicyclic) bond motifs is 5. The number of Topliss-reactive ketones (excluding diaryl/α,β-unsaturated/α-hetero) is 1. The van der Waals surface area contributed by atoms with Gasteiger partial charge in [0.15, 0.2) is 0 Å². The molecule has 0 aromatic carbocycles. The van der Waals surface area contributed by atoms with Crippen LogP contribution in [0.15, 0.2) is 11.1 Å². The van der Waals surface area contributed by atoms with Gasteiger partial charge in [-0.1, -0.05) is 25.0 Å². The number of hydrogen-bond donors (Lipinski definition) is 1. The van der Waals surface area contributed by atoms with Crippen molar-refractivity contribution in [3.8, 4) is 0 Å². The van der Waals surface area contributed by atoms with E-state index in [1.165, 1.54) is 32.1 Å². The first kappa shape index (κ1) is 17.8. The zero-order valence-electron chi connectivity index (χ0n) is 16.6. The quantitative estimate of drug-likeness (QED) is 0.691. The van der Waals surface area contributed by atoms with E-state index in [2.05, 4.69) is 13.8 Å². The highest BCUT2D eigenvalue weighted by molar-refractivity contribution is 5.82. The first-order valence-corrected chi connectivity index (χ1v) is 10.7. The van der Waals surface area contributed by atoms with Gasteiger partial charge in [0.1, 0.15) is 5.78 Å². The van der Waals surface area contributed by atoms with E-state index < -0.39 is 5.60 Å². The summed E-state index contributed by atoms with van der Waals surface area (Å²) in [4.78, 5) is 12.6. The third kappa shape index (κ3) is 2.66. The minimum absolute atomic E-state index is 0.256. The number of hydrogen-bond acceptors (Lipinski definition) is 2. The van der Waals surface area contributed by atoms with E-state index in [1.54, 1.807) is 11.1 Å². The van der Waals surface area contributed by atoms with Gasteiger partial charge in [-0.05, 0) is 94.3 Å². The molecule has 1 N–H and O–H groups in total. The van der Waals surface area contributed by atoms with Crippen LogP contribution in [0.1, 0.15) is 85.5 Å². The largest absolute Gasteiger partial charge is 0.390 e. The van der Waals surface area contributed by atoms with Gasteiger partial charge < -0.3 is 5.11 Å². The zero-order valence-corrected chi connectivity index (χ0v) is 16.6. The Hall–Kier alpha value is -0.630. The molecule has 0 aromatic heterocycles. The molecule has 3 fully saturated rings. The number of allylic oxidation sites excluding steroid dienone is 1. The Morgan fingerprint density at radius 3 is 2.60 bits per heavy atom. The summed E-state index contributed by atoms with van der Waals surface area (Å²) in [6, 6.07) is 0. The van der Waals surface area contributed by atoms with Crippen molar-refractivity contribution in [1.29, 1.82) is 0 Å². The molecule has 25 heavy (non-hydrogen) atoms. The minimum Gasteiger partial charge on any atom is -0.390 e. The van der Waals surface area contributed by atoms with Crippen LogP contribution in [0, 0.1) is 35.0 Å². The first-order chi connectivity index (χ1) is 11.8. The van der Waals surface area contributed by atoms with Crippen molar-refractivity contribution < 1.29 is 9.90 Å².